The van der Waals surface area contributed by atoms with Gasteiger partial charge in [0.15, 0.2) is 0 Å². The van der Waals surface area contributed by atoms with E-state index in [4.69, 9.17) is 14.9 Å². The van der Waals surface area contributed by atoms with Gasteiger partial charge in [-0.25, -0.2) is 0 Å². The summed E-state index contributed by atoms with van der Waals surface area (Å²) >= 11 is 0. The number of nitrogens with two attached hydrogens (primary N) is 1. The number of hydrogen-bond donors (Lipinski definition) is 1. The molecule has 3 rings (SSSR count). The molecule has 2 unspecified atom stereocenters. The Morgan fingerprint density at radius 3 is 2.67 bits per heavy atom. The van der Waals surface area contributed by atoms with E-state index in [-0.39, 0.29) is 6.10 Å². The lowest BCUT2D eigenvalue weighted by molar-refractivity contribution is 0.0223. The highest BCUT2D eigenvalue weighted by atomic mass is 16.5. The van der Waals surface area contributed by atoms with E-state index in [0.29, 0.717) is 12.6 Å². The average molecular weight is 250 g/mol. The molecule has 4 nitrogen and oxygen atoms in total. The van der Waals surface area contributed by atoms with Gasteiger partial charge >= 0.3 is 0 Å². The van der Waals surface area contributed by atoms with E-state index in [1.165, 1.54) is 12.8 Å². The minimum absolute atomic E-state index is 0.277. The molecule has 18 heavy (non-hydrogen) atoms. The molecule has 2 heterocycles. The van der Waals surface area contributed by atoms with Crippen LogP contribution in [0.4, 0.5) is 0 Å². The molecule has 1 aromatic rings. The van der Waals surface area contributed by atoms with Gasteiger partial charge in [-0.1, -0.05) is 0 Å². The molecule has 0 amide bonds. The minimum Gasteiger partial charge on any atom is -0.468 e. The summed E-state index contributed by atoms with van der Waals surface area (Å²) in [5, 5.41) is 0. The highest BCUT2D eigenvalue weighted by molar-refractivity contribution is 5.00. The van der Waals surface area contributed by atoms with Crippen LogP contribution < -0.4 is 5.73 Å². The predicted molar refractivity (Wildman–Crippen MR) is 69.1 cm³/mol. The molecule has 100 valence electrons. The molecular formula is C14H22N2O2. The third-order valence-corrected chi connectivity index (χ3v) is 3.90. The quantitative estimate of drug-likeness (QED) is 0.835. The van der Waals surface area contributed by atoms with E-state index in [1.54, 1.807) is 6.26 Å². The van der Waals surface area contributed by atoms with Gasteiger partial charge in [0.25, 0.3) is 0 Å². The van der Waals surface area contributed by atoms with Crippen LogP contribution in [-0.2, 0) is 11.3 Å². The number of hydrogen-bond acceptors (Lipinski definition) is 4. The van der Waals surface area contributed by atoms with Crippen LogP contribution in [-0.4, -0.2) is 36.2 Å². The smallest absolute Gasteiger partial charge is 0.117 e. The van der Waals surface area contributed by atoms with Crippen molar-refractivity contribution in [2.75, 3.05) is 13.1 Å². The largest absolute Gasteiger partial charge is 0.468 e. The summed E-state index contributed by atoms with van der Waals surface area (Å²) in [7, 11) is 0. The molecule has 2 N–H and O–H groups in total. The molecule has 1 aliphatic heterocycles. The van der Waals surface area contributed by atoms with Crippen LogP contribution in [0.5, 0.6) is 0 Å². The van der Waals surface area contributed by atoms with E-state index in [2.05, 4.69) is 4.90 Å². The zero-order valence-electron chi connectivity index (χ0n) is 10.8. The Hall–Kier alpha value is -0.840. The van der Waals surface area contributed by atoms with Crippen molar-refractivity contribution in [1.82, 2.24) is 4.90 Å². The van der Waals surface area contributed by atoms with Gasteiger partial charge in [-0.15, -0.1) is 0 Å². The summed E-state index contributed by atoms with van der Waals surface area (Å²) in [6.07, 6.45) is 7.26. The standard InChI is InChI=1S/C14H22N2O2/c15-8-12-5-6-14(18-12)10-16(11-3-4-11)9-13-2-1-7-17-13/h1-2,7,11-12,14H,3-6,8-10,15H2. The van der Waals surface area contributed by atoms with E-state index >= 15 is 0 Å². The Labute approximate surface area is 108 Å². The van der Waals surface area contributed by atoms with Crippen molar-refractivity contribution in [3.05, 3.63) is 24.2 Å². The lowest BCUT2D eigenvalue weighted by atomic mass is 10.2. The highest BCUT2D eigenvalue weighted by Gasteiger charge is 2.33. The monoisotopic (exact) mass is 250 g/mol. The fourth-order valence-electron chi connectivity index (χ4n) is 2.73. The van der Waals surface area contributed by atoms with Crippen molar-refractivity contribution in [2.45, 2.75) is 50.5 Å². The molecule has 1 aliphatic carbocycles. The lowest BCUT2D eigenvalue weighted by Crippen LogP contribution is -2.34. The molecule has 2 aliphatic rings. The van der Waals surface area contributed by atoms with E-state index in [1.807, 2.05) is 12.1 Å². The van der Waals surface area contributed by atoms with Gasteiger partial charge in [0.05, 0.1) is 25.0 Å². The first kappa shape index (κ1) is 12.2. The normalized spacial score (nSPS) is 28.1. The first-order chi connectivity index (χ1) is 8.85. The third kappa shape index (κ3) is 2.94. The van der Waals surface area contributed by atoms with Crippen molar-refractivity contribution < 1.29 is 9.15 Å². The van der Waals surface area contributed by atoms with Crippen molar-refractivity contribution in [3.63, 3.8) is 0 Å². The molecule has 2 fully saturated rings. The lowest BCUT2D eigenvalue weighted by Gasteiger charge is -2.24. The number of ether oxygens (including phenoxy) is 1. The molecule has 2 atom stereocenters. The fourth-order valence-corrected chi connectivity index (χ4v) is 2.73. The van der Waals surface area contributed by atoms with Gasteiger partial charge in [0.1, 0.15) is 5.76 Å². The molecule has 1 saturated carbocycles. The minimum atomic E-state index is 0.277. The summed E-state index contributed by atoms with van der Waals surface area (Å²) in [6.45, 7) is 2.57. The van der Waals surface area contributed by atoms with E-state index in [9.17, 15) is 0 Å². The van der Waals surface area contributed by atoms with Crippen molar-refractivity contribution in [3.8, 4) is 0 Å². The highest BCUT2D eigenvalue weighted by Crippen LogP contribution is 2.30. The van der Waals surface area contributed by atoms with Crippen LogP contribution in [0.2, 0.25) is 0 Å². The van der Waals surface area contributed by atoms with Crippen LogP contribution in [0.25, 0.3) is 0 Å². The van der Waals surface area contributed by atoms with Crippen LogP contribution in [0.15, 0.2) is 22.8 Å². The number of furan rings is 1. The SMILES string of the molecule is NCC1CCC(CN(Cc2ccco2)C2CC2)O1. The Morgan fingerprint density at radius 2 is 2.06 bits per heavy atom. The second-order valence-electron chi connectivity index (χ2n) is 5.43. The molecular weight excluding hydrogens is 228 g/mol. The maximum absolute atomic E-state index is 5.94. The molecule has 0 bridgehead atoms. The van der Waals surface area contributed by atoms with Gasteiger partial charge in [-0.3, -0.25) is 4.90 Å². The third-order valence-electron chi connectivity index (χ3n) is 3.90. The van der Waals surface area contributed by atoms with Gasteiger partial charge in [0.2, 0.25) is 0 Å². The van der Waals surface area contributed by atoms with Crippen LogP contribution in [0, 0.1) is 0 Å². The van der Waals surface area contributed by atoms with Gasteiger partial charge < -0.3 is 14.9 Å². The van der Waals surface area contributed by atoms with Gasteiger partial charge in [-0.05, 0) is 37.8 Å². The molecule has 0 aromatic carbocycles. The van der Waals surface area contributed by atoms with E-state index in [0.717, 1.165) is 37.7 Å². The summed E-state index contributed by atoms with van der Waals surface area (Å²) in [5.41, 5.74) is 5.66. The Bertz CT molecular complexity index is 362. The van der Waals surface area contributed by atoms with Crippen molar-refractivity contribution >= 4 is 0 Å². The first-order valence-corrected chi connectivity index (χ1v) is 6.97. The van der Waals surface area contributed by atoms with E-state index < -0.39 is 0 Å². The maximum Gasteiger partial charge on any atom is 0.117 e. The molecule has 0 spiro atoms. The zero-order chi connectivity index (χ0) is 12.4. The van der Waals surface area contributed by atoms with Crippen LogP contribution >= 0.6 is 0 Å². The molecule has 0 radical (unpaired) electrons. The first-order valence-electron chi connectivity index (χ1n) is 6.97. The molecule has 4 heteroatoms. The van der Waals surface area contributed by atoms with Crippen molar-refractivity contribution in [1.29, 1.82) is 0 Å². The Balaban J connectivity index is 1.54. The zero-order valence-corrected chi connectivity index (χ0v) is 10.8. The fraction of sp³-hybridized carbons (Fsp3) is 0.714. The number of rotatable bonds is 6. The summed E-state index contributed by atoms with van der Waals surface area (Å²) in [5.74, 6) is 1.05. The Morgan fingerprint density at radius 1 is 1.22 bits per heavy atom. The molecule has 1 saturated heterocycles. The van der Waals surface area contributed by atoms with Crippen molar-refractivity contribution in [2.24, 2.45) is 5.73 Å². The summed E-state index contributed by atoms with van der Waals surface area (Å²) < 4.78 is 11.4. The second-order valence-corrected chi connectivity index (χ2v) is 5.43. The summed E-state index contributed by atoms with van der Waals surface area (Å²) in [6, 6.07) is 4.74. The van der Waals surface area contributed by atoms with Gasteiger partial charge in [0, 0.05) is 19.1 Å². The topological polar surface area (TPSA) is 51.6 Å². The molecule has 1 aromatic heterocycles. The average Bonchev–Trinajstić information content (AvgIpc) is 2.92. The van der Waals surface area contributed by atoms with Crippen LogP contribution in [0.1, 0.15) is 31.4 Å². The second kappa shape index (κ2) is 5.43. The maximum atomic E-state index is 5.94. The predicted octanol–water partition coefficient (Wildman–Crippen LogP) is 1.75. The summed E-state index contributed by atoms with van der Waals surface area (Å²) in [4.78, 5) is 2.50. The number of nitrogens with zero attached hydrogens (tertiary/aromatic N) is 1. The Kier molecular flexibility index (Phi) is 3.68. The van der Waals surface area contributed by atoms with Crippen LogP contribution in [0.3, 0.4) is 0 Å². The van der Waals surface area contributed by atoms with Gasteiger partial charge in [-0.2, -0.15) is 0 Å².